The van der Waals surface area contributed by atoms with Crippen molar-refractivity contribution in [3.8, 4) is 0 Å². The number of carbonyl (C=O) groups is 2. The Morgan fingerprint density at radius 2 is 1.17 bits per heavy atom. The van der Waals surface area contributed by atoms with Crippen LogP contribution in [0.15, 0.2) is 12.2 Å². The monoisotopic (exact) mass is 384 g/mol. The van der Waals surface area contributed by atoms with Crippen molar-refractivity contribution >= 4 is 43.8 Å². The lowest BCUT2D eigenvalue weighted by molar-refractivity contribution is -0.145. The summed E-state index contributed by atoms with van der Waals surface area (Å²) < 4.78 is 8.54. The number of halogens is 2. The van der Waals surface area contributed by atoms with Crippen molar-refractivity contribution in [2.24, 2.45) is 0 Å². The molecule has 0 amide bonds. The second-order valence-corrected chi connectivity index (χ2v) is 8.58. The van der Waals surface area contributed by atoms with Crippen LogP contribution in [0.1, 0.15) is 27.7 Å². The molecule has 0 N–H and O–H groups in total. The Kier molecular flexibility index (Phi) is 7.14. The Hall–Kier alpha value is -0.360. The molecule has 104 valence electrons. The van der Waals surface area contributed by atoms with Crippen molar-refractivity contribution in [3.63, 3.8) is 0 Å². The van der Waals surface area contributed by atoms with E-state index in [-0.39, 0.29) is 25.2 Å². The molecule has 0 aromatic rings. The molecule has 0 aliphatic carbocycles. The summed E-state index contributed by atoms with van der Waals surface area (Å²) >= 11 is 6.39. The molecule has 0 heterocycles. The summed E-state index contributed by atoms with van der Waals surface area (Å²) in [5.41, 5.74) is 0. The van der Waals surface area contributed by atoms with Gasteiger partial charge in [-0.05, 0) is 39.8 Å². The van der Waals surface area contributed by atoms with Crippen LogP contribution in [0.5, 0.6) is 0 Å². The van der Waals surface area contributed by atoms with Gasteiger partial charge in [-0.2, -0.15) is 0 Å². The minimum atomic E-state index is -0.687. The number of carbonyl (C=O) groups excluding carboxylic acids is 2. The zero-order chi connectivity index (χ0) is 14.4. The Morgan fingerprint density at radius 3 is 1.39 bits per heavy atom. The summed E-state index contributed by atoms with van der Waals surface area (Å²) in [6.07, 6.45) is 3.26. The largest absolute Gasteiger partial charge is 0.460 e. The van der Waals surface area contributed by atoms with Gasteiger partial charge in [-0.1, -0.05) is 31.9 Å². The maximum absolute atomic E-state index is 11.3. The van der Waals surface area contributed by atoms with Crippen LogP contribution in [-0.4, -0.2) is 33.8 Å². The molecule has 0 spiro atoms. The molecule has 0 radical (unpaired) electrons. The van der Waals surface area contributed by atoms with Crippen molar-refractivity contribution in [1.82, 2.24) is 0 Å². The molecule has 0 aliphatic heterocycles. The van der Waals surface area contributed by atoms with E-state index in [2.05, 4.69) is 31.9 Å². The third kappa shape index (κ3) is 7.87. The first-order chi connectivity index (χ1) is 8.05. The van der Waals surface area contributed by atoms with Crippen LogP contribution >= 0.6 is 31.9 Å². The van der Waals surface area contributed by atoms with Crippen LogP contribution in [0.25, 0.3) is 0 Å². The molecule has 6 heteroatoms. The van der Waals surface area contributed by atoms with Crippen LogP contribution in [-0.2, 0) is 19.1 Å². The number of alkyl halides is 2. The maximum atomic E-state index is 11.3. The predicted octanol–water partition coefficient (Wildman–Crippen LogP) is 2.98. The average Bonchev–Trinajstić information content (AvgIpc) is 2.19. The normalized spacial score (nSPS) is 12.6. The van der Waals surface area contributed by atoms with Gasteiger partial charge in [-0.3, -0.25) is 9.59 Å². The fourth-order valence-electron chi connectivity index (χ4n) is 0.727. The lowest BCUT2D eigenvalue weighted by Gasteiger charge is -2.14. The van der Waals surface area contributed by atoms with E-state index in [1.165, 1.54) is 0 Å². The van der Waals surface area contributed by atoms with Crippen LogP contribution < -0.4 is 0 Å². The van der Waals surface area contributed by atoms with E-state index >= 15 is 0 Å². The molecule has 0 saturated heterocycles. The van der Waals surface area contributed by atoms with Gasteiger partial charge < -0.3 is 9.47 Å². The van der Waals surface area contributed by atoms with Gasteiger partial charge in [0.2, 0.25) is 0 Å². The van der Waals surface area contributed by atoms with Gasteiger partial charge in [0, 0.05) is 0 Å². The third-order valence-corrected chi connectivity index (χ3v) is 2.41. The molecule has 0 fully saturated rings. The van der Waals surface area contributed by atoms with Crippen LogP contribution in [0, 0.1) is 0 Å². The smallest absolute Gasteiger partial charge is 0.322 e. The van der Waals surface area contributed by atoms with Gasteiger partial charge in [-0.15, -0.1) is 0 Å². The maximum Gasteiger partial charge on any atom is 0.322 e. The Labute approximate surface area is 124 Å². The van der Waals surface area contributed by atoms with E-state index in [0.717, 1.165) is 0 Å². The van der Waals surface area contributed by atoms with Crippen molar-refractivity contribution in [2.75, 3.05) is 13.2 Å². The van der Waals surface area contributed by atoms with Crippen LogP contribution in [0.2, 0.25) is 0 Å². The van der Waals surface area contributed by atoms with E-state index < -0.39 is 8.65 Å². The van der Waals surface area contributed by atoms with Gasteiger partial charge in [0.15, 0.2) is 0 Å². The Morgan fingerprint density at radius 1 is 0.889 bits per heavy atom. The summed E-state index contributed by atoms with van der Waals surface area (Å²) in [5, 5.41) is 0. The molecular formula is C12H18Br2O4. The van der Waals surface area contributed by atoms with E-state index in [0.29, 0.717) is 0 Å². The lowest BCUT2D eigenvalue weighted by Crippen LogP contribution is -2.27. The highest BCUT2D eigenvalue weighted by molar-refractivity contribution is 9.10. The molecule has 0 bridgehead atoms. The zero-order valence-corrected chi connectivity index (χ0v) is 14.1. The molecule has 0 aromatic heterocycles. The minimum absolute atomic E-state index is 0.156. The summed E-state index contributed by atoms with van der Waals surface area (Å²) in [7, 11) is 0. The van der Waals surface area contributed by atoms with Gasteiger partial charge in [0.05, 0.1) is 0 Å². The second-order valence-electron chi connectivity index (χ2n) is 4.61. The first-order valence-electron chi connectivity index (χ1n) is 5.42. The quantitative estimate of drug-likeness (QED) is 0.400. The summed E-state index contributed by atoms with van der Waals surface area (Å²) in [6.45, 7) is 7.14. The zero-order valence-electron chi connectivity index (χ0n) is 11.0. The van der Waals surface area contributed by atoms with Gasteiger partial charge in [-0.25, -0.2) is 0 Å². The molecule has 18 heavy (non-hydrogen) atoms. The first-order valence-corrected chi connectivity index (χ1v) is 7.01. The van der Waals surface area contributed by atoms with Gasteiger partial charge >= 0.3 is 11.9 Å². The predicted molar refractivity (Wildman–Crippen MR) is 77.1 cm³/mol. The molecule has 0 aliphatic rings. The Bertz CT molecular complexity index is 292. The van der Waals surface area contributed by atoms with Crippen molar-refractivity contribution < 1.29 is 19.1 Å². The second kappa shape index (κ2) is 7.28. The summed E-state index contributed by atoms with van der Waals surface area (Å²) in [4.78, 5) is 22.7. The topological polar surface area (TPSA) is 52.6 Å². The van der Waals surface area contributed by atoms with E-state index in [1.807, 2.05) is 0 Å². The fraction of sp³-hybridized carbons (Fsp3) is 0.667. The number of rotatable bonds is 6. The highest BCUT2D eigenvalue weighted by Crippen LogP contribution is 2.18. The minimum Gasteiger partial charge on any atom is -0.460 e. The molecule has 0 saturated carbocycles. The Balaban J connectivity index is 3.81. The molecule has 0 atom stereocenters. The van der Waals surface area contributed by atoms with E-state index in [4.69, 9.17) is 9.47 Å². The number of ether oxygens (including phenoxy) is 2. The lowest BCUT2D eigenvalue weighted by atomic mass is 10.2. The average molecular weight is 386 g/mol. The summed E-state index contributed by atoms with van der Waals surface area (Å²) in [6, 6.07) is 0. The van der Waals surface area contributed by atoms with Gasteiger partial charge in [0.1, 0.15) is 21.9 Å². The van der Waals surface area contributed by atoms with Crippen LogP contribution in [0.4, 0.5) is 0 Å². The number of hydrogen-bond acceptors (Lipinski definition) is 4. The van der Waals surface area contributed by atoms with Gasteiger partial charge in [0.25, 0.3) is 0 Å². The van der Waals surface area contributed by atoms with E-state index in [1.54, 1.807) is 39.8 Å². The third-order valence-electron chi connectivity index (χ3n) is 1.76. The van der Waals surface area contributed by atoms with Crippen LogP contribution in [0.3, 0.4) is 0 Å². The van der Waals surface area contributed by atoms with E-state index in [9.17, 15) is 9.59 Å². The number of esters is 2. The molecule has 0 aromatic carbocycles. The number of hydrogen-bond donors (Lipinski definition) is 0. The standard InChI is InChI=1S/C12H18Br2O4/c1-11(2,13)9(15)17-7-5-6-8-18-10(16)12(3,4)14/h5-6H,7-8H2,1-4H3. The summed E-state index contributed by atoms with van der Waals surface area (Å²) in [5.74, 6) is -0.684. The molecule has 0 rings (SSSR count). The first kappa shape index (κ1) is 17.6. The highest BCUT2D eigenvalue weighted by Gasteiger charge is 2.25. The fourth-order valence-corrected chi connectivity index (χ4v) is 0.956. The molecule has 4 nitrogen and oxygen atoms in total. The highest BCUT2D eigenvalue weighted by atomic mass is 79.9. The van der Waals surface area contributed by atoms with Crippen molar-refractivity contribution in [2.45, 2.75) is 36.3 Å². The molecular weight excluding hydrogens is 368 g/mol. The SMILES string of the molecule is CC(C)(Br)C(=O)OCC=CCOC(=O)C(C)(C)Br. The van der Waals surface area contributed by atoms with Crippen molar-refractivity contribution in [1.29, 1.82) is 0 Å². The van der Waals surface area contributed by atoms with Crippen molar-refractivity contribution in [3.05, 3.63) is 12.2 Å². The molecule has 0 unspecified atom stereocenters.